The third kappa shape index (κ3) is 2.78. The van der Waals surface area contributed by atoms with Gasteiger partial charge in [0.1, 0.15) is 10.3 Å². The van der Waals surface area contributed by atoms with Gasteiger partial charge >= 0.3 is 0 Å². The molecule has 1 fully saturated rings. The predicted octanol–water partition coefficient (Wildman–Crippen LogP) is 3.72. The van der Waals surface area contributed by atoms with Gasteiger partial charge in [-0.1, -0.05) is 5.21 Å². The third-order valence-corrected chi connectivity index (χ3v) is 6.14. The van der Waals surface area contributed by atoms with Crippen LogP contribution in [0.4, 0.5) is 8.78 Å². The zero-order valence-electron chi connectivity index (χ0n) is 14.3. The summed E-state index contributed by atoms with van der Waals surface area (Å²) in [4.78, 5) is 10.4. The molecule has 4 heterocycles. The normalized spacial score (nSPS) is 18.1. The molecule has 138 valence electrons. The van der Waals surface area contributed by atoms with E-state index in [-0.39, 0.29) is 12.8 Å². The van der Waals surface area contributed by atoms with Gasteiger partial charge in [0.25, 0.3) is 0 Å². The number of alkyl halides is 2. The number of aliphatic hydroxyl groups excluding tert-OH is 1. The molecular weight excluding hydrogens is 372 g/mol. The van der Waals surface area contributed by atoms with Crippen LogP contribution in [-0.4, -0.2) is 36.0 Å². The first-order valence-electron chi connectivity index (χ1n) is 8.52. The number of halogens is 2. The molecule has 5 rings (SSSR count). The highest BCUT2D eigenvalue weighted by molar-refractivity contribution is 7.18. The van der Waals surface area contributed by atoms with Crippen molar-refractivity contribution in [3.63, 3.8) is 0 Å². The first-order chi connectivity index (χ1) is 12.9. The van der Waals surface area contributed by atoms with Crippen molar-refractivity contribution < 1.29 is 13.9 Å². The molecule has 1 N–H and O–H groups in total. The van der Waals surface area contributed by atoms with E-state index in [1.54, 1.807) is 17.9 Å². The average Bonchev–Trinajstić information content (AvgIpc) is 3.22. The number of pyridine rings is 2. The number of hydrogen-bond acceptors (Lipinski definition) is 6. The van der Waals surface area contributed by atoms with Crippen molar-refractivity contribution in [2.24, 2.45) is 13.0 Å². The zero-order valence-corrected chi connectivity index (χ0v) is 15.1. The number of aryl methyl sites for hydroxylation is 1. The van der Waals surface area contributed by atoms with Crippen LogP contribution >= 0.6 is 11.3 Å². The molecule has 0 saturated heterocycles. The summed E-state index contributed by atoms with van der Waals surface area (Å²) in [5.41, 5.74) is 2.96. The monoisotopic (exact) mass is 387 g/mol. The van der Waals surface area contributed by atoms with Gasteiger partial charge in [-0.15, -0.1) is 16.4 Å². The van der Waals surface area contributed by atoms with Gasteiger partial charge in [-0.25, -0.2) is 23.4 Å². The van der Waals surface area contributed by atoms with E-state index in [2.05, 4.69) is 20.3 Å². The Bertz CT molecular complexity index is 1160. The highest BCUT2D eigenvalue weighted by Gasteiger charge is 2.48. The van der Waals surface area contributed by atoms with Gasteiger partial charge in [0.05, 0.1) is 11.8 Å². The highest BCUT2D eigenvalue weighted by atomic mass is 32.1. The maximum Gasteiger partial charge on any atom is 0.248 e. The fraction of sp³-hybridized carbons (Fsp3) is 0.333. The molecule has 6 nitrogen and oxygen atoms in total. The van der Waals surface area contributed by atoms with Gasteiger partial charge in [-0.05, 0) is 24.3 Å². The Labute approximate surface area is 156 Å². The minimum atomic E-state index is -2.64. The van der Waals surface area contributed by atoms with E-state index in [0.717, 1.165) is 27.0 Å². The number of hydrogen-bond donors (Lipinski definition) is 1. The predicted molar refractivity (Wildman–Crippen MR) is 97.5 cm³/mol. The summed E-state index contributed by atoms with van der Waals surface area (Å²) >= 11 is 1.34. The molecule has 1 aliphatic carbocycles. The summed E-state index contributed by atoms with van der Waals surface area (Å²) in [5, 5.41) is 19.2. The molecule has 0 unspecified atom stereocenters. The van der Waals surface area contributed by atoms with Crippen LogP contribution in [0, 0.1) is 5.92 Å². The van der Waals surface area contributed by atoms with Gasteiger partial charge in [0.15, 0.2) is 0 Å². The van der Waals surface area contributed by atoms with Crippen LogP contribution in [0.25, 0.3) is 32.6 Å². The summed E-state index contributed by atoms with van der Waals surface area (Å²) in [6, 6.07) is 7.57. The van der Waals surface area contributed by atoms with Crippen LogP contribution in [-0.2, 0) is 7.05 Å². The SMILES string of the molecule is Cn1nnc2ncc(-c3ccc4cc([C@H](O)C5CC(F)(F)C5)sc4n3)cc21. The summed E-state index contributed by atoms with van der Waals surface area (Å²) in [5.74, 6) is -3.03. The quantitative estimate of drug-likeness (QED) is 0.580. The molecule has 1 atom stereocenters. The van der Waals surface area contributed by atoms with Crippen LogP contribution in [0.3, 0.4) is 0 Å². The summed E-state index contributed by atoms with van der Waals surface area (Å²) in [6.07, 6.45) is 0.313. The van der Waals surface area contributed by atoms with Crippen molar-refractivity contribution in [2.75, 3.05) is 0 Å². The molecule has 0 spiro atoms. The number of nitrogens with zero attached hydrogens (tertiary/aromatic N) is 5. The van der Waals surface area contributed by atoms with Crippen molar-refractivity contribution in [1.82, 2.24) is 25.0 Å². The Morgan fingerprint density at radius 1 is 1.30 bits per heavy atom. The molecule has 0 aliphatic heterocycles. The van der Waals surface area contributed by atoms with Crippen LogP contribution < -0.4 is 0 Å². The van der Waals surface area contributed by atoms with E-state index >= 15 is 0 Å². The van der Waals surface area contributed by atoms with E-state index in [1.807, 2.05) is 24.3 Å². The Hall–Kier alpha value is -2.52. The largest absolute Gasteiger partial charge is 0.387 e. The molecule has 1 aliphatic rings. The van der Waals surface area contributed by atoms with Gasteiger partial charge in [0, 0.05) is 47.8 Å². The van der Waals surface area contributed by atoms with Crippen molar-refractivity contribution in [2.45, 2.75) is 24.9 Å². The lowest BCUT2D eigenvalue weighted by Crippen LogP contribution is -2.38. The minimum Gasteiger partial charge on any atom is -0.387 e. The lowest BCUT2D eigenvalue weighted by atomic mass is 9.77. The molecule has 0 aromatic carbocycles. The second-order valence-corrected chi connectivity index (χ2v) is 8.05. The summed E-state index contributed by atoms with van der Waals surface area (Å²) in [6.45, 7) is 0. The second kappa shape index (κ2) is 5.74. The summed E-state index contributed by atoms with van der Waals surface area (Å²) in [7, 11) is 1.80. The highest BCUT2D eigenvalue weighted by Crippen LogP contribution is 2.49. The molecule has 1 saturated carbocycles. The van der Waals surface area contributed by atoms with Crippen LogP contribution in [0.15, 0.2) is 30.5 Å². The molecular formula is C18H15F2N5OS. The number of aliphatic hydroxyl groups is 1. The number of rotatable bonds is 3. The first-order valence-corrected chi connectivity index (χ1v) is 9.33. The molecule has 0 bridgehead atoms. The molecule has 0 amide bonds. The van der Waals surface area contributed by atoms with E-state index in [0.29, 0.717) is 10.5 Å². The summed E-state index contributed by atoms with van der Waals surface area (Å²) < 4.78 is 27.8. The Morgan fingerprint density at radius 2 is 2.11 bits per heavy atom. The lowest BCUT2D eigenvalue weighted by molar-refractivity contribution is -0.141. The van der Waals surface area contributed by atoms with Gasteiger partial charge in [-0.2, -0.15) is 0 Å². The number of thiophene rings is 1. The van der Waals surface area contributed by atoms with Crippen molar-refractivity contribution in [1.29, 1.82) is 0 Å². The smallest absolute Gasteiger partial charge is 0.248 e. The maximum atomic E-state index is 13.1. The standard InChI is InChI=1S/C18H15F2N5OS/c1-25-13-4-10(8-21-16(13)23-24-25)12-3-2-9-5-14(27-17(9)22-12)15(26)11-6-18(19,20)7-11/h2-5,8,11,15,26H,6-7H2,1H3/t15-/m1/s1. The number of fused-ring (bicyclic) bond motifs is 2. The number of aromatic nitrogens is 5. The fourth-order valence-corrected chi connectivity index (χ4v) is 4.58. The maximum absolute atomic E-state index is 13.1. The van der Waals surface area contributed by atoms with Crippen LogP contribution in [0.1, 0.15) is 23.8 Å². The van der Waals surface area contributed by atoms with Gasteiger partial charge in [0.2, 0.25) is 11.6 Å². The first kappa shape index (κ1) is 16.6. The van der Waals surface area contributed by atoms with E-state index in [9.17, 15) is 13.9 Å². The van der Waals surface area contributed by atoms with Crippen LogP contribution in [0.5, 0.6) is 0 Å². The Balaban J connectivity index is 1.49. The molecule has 27 heavy (non-hydrogen) atoms. The molecule has 9 heteroatoms. The molecule has 0 radical (unpaired) electrons. The third-order valence-electron chi connectivity index (χ3n) is 5.03. The fourth-order valence-electron chi connectivity index (χ4n) is 3.47. The zero-order chi connectivity index (χ0) is 18.8. The second-order valence-electron chi connectivity index (χ2n) is 6.99. The topological polar surface area (TPSA) is 76.7 Å². The Kier molecular flexibility index (Phi) is 3.54. The van der Waals surface area contributed by atoms with Crippen LogP contribution in [0.2, 0.25) is 0 Å². The van der Waals surface area contributed by atoms with E-state index < -0.39 is 17.9 Å². The lowest BCUT2D eigenvalue weighted by Gasteiger charge is -2.37. The molecule has 4 aromatic rings. The van der Waals surface area contributed by atoms with Crippen molar-refractivity contribution in [3.05, 3.63) is 35.3 Å². The minimum absolute atomic E-state index is 0.258. The molecule has 4 aromatic heterocycles. The Morgan fingerprint density at radius 3 is 2.89 bits per heavy atom. The van der Waals surface area contributed by atoms with E-state index in [1.165, 1.54) is 11.3 Å². The van der Waals surface area contributed by atoms with Gasteiger partial charge in [-0.3, -0.25) is 0 Å². The van der Waals surface area contributed by atoms with Gasteiger partial charge < -0.3 is 5.11 Å². The van der Waals surface area contributed by atoms with Crippen molar-refractivity contribution >= 4 is 32.7 Å². The average molecular weight is 387 g/mol. The van der Waals surface area contributed by atoms with Crippen molar-refractivity contribution in [3.8, 4) is 11.3 Å². The van der Waals surface area contributed by atoms with E-state index in [4.69, 9.17) is 0 Å².